The van der Waals surface area contributed by atoms with Gasteiger partial charge in [-0.25, -0.2) is 4.39 Å². The van der Waals surface area contributed by atoms with Crippen LogP contribution in [0.25, 0.3) is 0 Å². The van der Waals surface area contributed by atoms with Crippen LogP contribution in [0.15, 0.2) is 18.2 Å². The zero-order valence-electron chi connectivity index (χ0n) is 11.1. The zero-order valence-corrected chi connectivity index (χ0v) is 11.8. The van der Waals surface area contributed by atoms with E-state index < -0.39 is 0 Å². The van der Waals surface area contributed by atoms with Crippen molar-refractivity contribution in [3.63, 3.8) is 0 Å². The Balaban J connectivity index is 2.09. The normalized spacial score (nSPS) is 22.5. The predicted octanol–water partition coefficient (Wildman–Crippen LogP) is 4.37. The maximum Gasteiger partial charge on any atom is 0.128 e. The molecule has 1 nitrogen and oxygen atoms in total. The fourth-order valence-corrected chi connectivity index (χ4v) is 2.58. The molecule has 1 aromatic carbocycles. The van der Waals surface area contributed by atoms with Crippen LogP contribution in [-0.2, 0) is 0 Å². The first-order chi connectivity index (χ1) is 9.17. The molecule has 1 aromatic rings. The minimum Gasteiger partial charge on any atom is -0.490 e. The van der Waals surface area contributed by atoms with Crippen LogP contribution < -0.4 is 4.74 Å². The number of ether oxygens (including phenoxy) is 1. The Morgan fingerprint density at radius 2 is 2.21 bits per heavy atom. The van der Waals surface area contributed by atoms with Gasteiger partial charge in [0, 0.05) is 11.6 Å². The van der Waals surface area contributed by atoms with Crippen LogP contribution >= 0.6 is 11.6 Å². The van der Waals surface area contributed by atoms with Crippen molar-refractivity contribution in [1.29, 1.82) is 0 Å². The fraction of sp³-hybridized carbons (Fsp3) is 0.500. The third-order valence-corrected chi connectivity index (χ3v) is 3.50. The molecule has 102 valence electrons. The second kappa shape index (κ2) is 6.82. The molecule has 2 atom stereocenters. The smallest absolute Gasteiger partial charge is 0.128 e. The van der Waals surface area contributed by atoms with Crippen LogP contribution in [0.5, 0.6) is 5.75 Å². The monoisotopic (exact) mass is 280 g/mol. The highest BCUT2D eigenvalue weighted by Gasteiger charge is 2.20. The summed E-state index contributed by atoms with van der Waals surface area (Å²) in [4.78, 5) is 0. The molecule has 2 unspecified atom stereocenters. The topological polar surface area (TPSA) is 9.23 Å². The van der Waals surface area contributed by atoms with Crippen LogP contribution in [0.3, 0.4) is 0 Å². The van der Waals surface area contributed by atoms with Gasteiger partial charge in [-0.1, -0.05) is 25.2 Å². The summed E-state index contributed by atoms with van der Waals surface area (Å²) in [6, 6.07) is 4.60. The van der Waals surface area contributed by atoms with Crippen LogP contribution in [0.1, 0.15) is 38.2 Å². The molecule has 0 heterocycles. The number of hydrogen-bond donors (Lipinski definition) is 0. The molecular weight excluding hydrogens is 263 g/mol. The highest BCUT2D eigenvalue weighted by atomic mass is 35.5. The van der Waals surface area contributed by atoms with E-state index in [9.17, 15) is 4.39 Å². The van der Waals surface area contributed by atoms with Gasteiger partial charge in [0.2, 0.25) is 0 Å². The third-order valence-electron chi connectivity index (χ3n) is 3.36. The molecule has 0 N–H and O–H groups in total. The van der Waals surface area contributed by atoms with Gasteiger partial charge in [-0.2, -0.15) is 0 Å². The summed E-state index contributed by atoms with van der Waals surface area (Å²) in [7, 11) is 0. The molecule has 0 radical (unpaired) electrons. The van der Waals surface area contributed by atoms with Gasteiger partial charge >= 0.3 is 0 Å². The van der Waals surface area contributed by atoms with Crippen molar-refractivity contribution in [3.05, 3.63) is 29.6 Å². The van der Waals surface area contributed by atoms with Crippen molar-refractivity contribution >= 4 is 11.6 Å². The van der Waals surface area contributed by atoms with E-state index in [2.05, 4.69) is 18.8 Å². The Hall–Kier alpha value is -1.20. The maximum absolute atomic E-state index is 13.5. The van der Waals surface area contributed by atoms with E-state index in [-0.39, 0.29) is 17.8 Å². The first-order valence-electron chi connectivity index (χ1n) is 6.69. The van der Waals surface area contributed by atoms with Gasteiger partial charge in [0.05, 0.1) is 12.0 Å². The molecule has 0 saturated heterocycles. The van der Waals surface area contributed by atoms with Crippen molar-refractivity contribution in [3.8, 4) is 17.6 Å². The quantitative estimate of drug-likeness (QED) is 0.577. The summed E-state index contributed by atoms with van der Waals surface area (Å²) in [6.45, 7) is 2.23. The molecule has 0 spiro atoms. The third kappa shape index (κ3) is 4.44. The van der Waals surface area contributed by atoms with Gasteiger partial charge in [-0.15, -0.1) is 11.6 Å². The summed E-state index contributed by atoms with van der Waals surface area (Å²) >= 11 is 5.50. The Labute approximate surface area is 119 Å². The summed E-state index contributed by atoms with van der Waals surface area (Å²) in [5.74, 6) is 6.72. The van der Waals surface area contributed by atoms with Crippen molar-refractivity contribution in [1.82, 2.24) is 0 Å². The fourth-order valence-electron chi connectivity index (χ4n) is 2.52. The molecule has 0 amide bonds. The van der Waals surface area contributed by atoms with Crippen LogP contribution in [0, 0.1) is 23.6 Å². The number of benzene rings is 1. The molecular formula is C16H18ClFO. The average molecular weight is 281 g/mol. The van der Waals surface area contributed by atoms with E-state index in [0.717, 1.165) is 12.8 Å². The second-order valence-electron chi connectivity index (χ2n) is 5.12. The average Bonchev–Trinajstić information content (AvgIpc) is 2.35. The van der Waals surface area contributed by atoms with Gasteiger partial charge in [0.1, 0.15) is 11.6 Å². The van der Waals surface area contributed by atoms with Crippen LogP contribution in [0.4, 0.5) is 4.39 Å². The minimum atomic E-state index is -0.319. The molecule has 1 aliphatic carbocycles. The van der Waals surface area contributed by atoms with Crippen molar-refractivity contribution in [2.45, 2.75) is 38.7 Å². The number of halogens is 2. The summed E-state index contributed by atoms with van der Waals surface area (Å²) in [6.07, 6.45) is 4.72. The maximum atomic E-state index is 13.5. The van der Waals surface area contributed by atoms with E-state index >= 15 is 0 Å². The first-order valence-corrected chi connectivity index (χ1v) is 7.23. The minimum absolute atomic E-state index is 0.194. The zero-order chi connectivity index (χ0) is 13.7. The van der Waals surface area contributed by atoms with Gasteiger partial charge in [-0.3, -0.25) is 0 Å². The largest absolute Gasteiger partial charge is 0.490 e. The van der Waals surface area contributed by atoms with Crippen molar-refractivity contribution in [2.24, 2.45) is 5.92 Å². The van der Waals surface area contributed by atoms with Crippen LogP contribution in [0.2, 0.25) is 0 Å². The molecule has 0 bridgehead atoms. The molecule has 0 aromatic heterocycles. The predicted molar refractivity (Wildman–Crippen MR) is 76.0 cm³/mol. The lowest BCUT2D eigenvalue weighted by molar-refractivity contribution is 0.129. The van der Waals surface area contributed by atoms with Gasteiger partial charge in [0.25, 0.3) is 0 Å². The summed E-state index contributed by atoms with van der Waals surface area (Å²) < 4.78 is 19.4. The SMILES string of the molecule is CC1CCCC(Oc2cc(F)cc(C#CCCl)c2)C1. The van der Waals surface area contributed by atoms with Crippen molar-refractivity contribution in [2.75, 3.05) is 5.88 Å². The lowest BCUT2D eigenvalue weighted by atomic mass is 9.89. The van der Waals surface area contributed by atoms with Crippen LogP contribution in [-0.4, -0.2) is 12.0 Å². The molecule has 2 rings (SSSR count). The van der Waals surface area contributed by atoms with E-state index in [1.165, 1.54) is 25.0 Å². The van der Waals surface area contributed by atoms with Gasteiger partial charge in [0.15, 0.2) is 0 Å². The van der Waals surface area contributed by atoms with E-state index in [1.807, 2.05) is 0 Å². The number of alkyl halides is 1. The Morgan fingerprint density at radius 1 is 1.37 bits per heavy atom. The summed E-state index contributed by atoms with van der Waals surface area (Å²) in [5.41, 5.74) is 0.611. The highest BCUT2D eigenvalue weighted by molar-refractivity contribution is 6.19. The van der Waals surface area contributed by atoms with Gasteiger partial charge in [-0.05, 0) is 37.3 Å². The molecule has 0 aliphatic heterocycles. The highest BCUT2D eigenvalue weighted by Crippen LogP contribution is 2.28. The standard InChI is InChI=1S/C16H18ClFO/c1-12-4-2-6-15(8-12)19-16-10-13(5-3-7-17)9-14(18)11-16/h9-12,15H,2,4,6-8H2,1H3. The van der Waals surface area contributed by atoms with E-state index in [0.29, 0.717) is 17.2 Å². The molecule has 19 heavy (non-hydrogen) atoms. The van der Waals surface area contributed by atoms with Gasteiger partial charge < -0.3 is 4.74 Å². The first kappa shape index (κ1) is 14.2. The molecule has 1 saturated carbocycles. The molecule has 1 aliphatic rings. The Kier molecular flexibility index (Phi) is 5.10. The van der Waals surface area contributed by atoms with E-state index in [4.69, 9.17) is 16.3 Å². The van der Waals surface area contributed by atoms with E-state index in [1.54, 1.807) is 6.07 Å². The van der Waals surface area contributed by atoms with Crippen molar-refractivity contribution < 1.29 is 9.13 Å². The lowest BCUT2D eigenvalue weighted by Crippen LogP contribution is -2.24. The number of rotatable bonds is 2. The Bertz CT molecular complexity index is 489. The summed E-state index contributed by atoms with van der Waals surface area (Å²) in [5, 5.41) is 0. The molecule has 3 heteroatoms. The molecule has 1 fully saturated rings. The second-order valence-corrected chi connectivity index (χ2v) is 5.39. The Morgan fingerprint density at radius 3 is 2.95 bits per heavy atom. The number of hydrogen-bond acceptors (Lipinski definition) is 1. The lowest BCUT2D eigenvalue weighted by Gasteiger charge is -2.27.